The Hall–Kier alpha value is -1.09. The first-order chi connectivity index (χ1) is 9.65. The smallest absolute Gasteiger partial charge is 0.213 e. The van der Waals surface area contributed by atoms with E-state index < -0.39 is 0 Å². The van der Waals surface area contributed by atoms with Crippen molar-refractivity contribution >= 4 is 29.9 Å². The van der Waals surface area contributed by atoms with Gasteiger partial charge in [-0.05, 0) is 19.4 Å². The van der Waals surface area contributed by atoms with Gasteiger partial charge in [0.2, 0.25) is 5.88 Å². The van der Waals surface area contributed by atoms with Crippen LogP contribution in [0.2, 0.25) is 0 Å². The summed E-state index contributed by atoms with van der Waals surface area (Å²) in [5.41, 5.74) is 6.98. The van der Waals surface area contributed by atoms with Crippen molar-refractivity contribution in [3.63, 3.8) is 0 Å². The molecule has 2 heterocycles. The van der Waals surface area contributed by atoms with Crippen LogP contribution in [0.25, 0.3) is 0 Å². The zero-order valence-corrected chi connectivity index (χ0v) is 14.8. The zero-order valence-electron chi connectivity index (χ0n) is 12.5. The SMILES string of the molecule is CC(C)Oc1ccc(CN=C(N)N2CCOCC2)cn1.I. The van der Waals surface area contributed by atoms with E-state index in [4.69, 9.17) is 15.2 Å². The predicted octanol–water partition coefficient (Wildman–Crippen LogP) is 1.63. The topological polar surface area (TPSA) is 73.0 Å². The van der Waals surface area contributed by atoms with Crippen molar-refractivity contribution in [1.29, 1.82) is 0 Å². The van der Waals surface area contributed by atoms with E-state index in [-0.39, 0.29) is 30.1 Å². The molecule has 0 spiro atoms. The third kappa shape index (κ3) is 6.04. The molecule has 0 aromatic carbocycles. The van der Waals surface area contributed by atoms with Crippen LogP contribution < -0.4 is 10.5 Å². The molecule has 2 rings (SSSR count). The molecule has 0 radical (unpaired) electrons. The van der Waals surface area contributed by atoms with Crippen LogP contribution in [0.15, 0.2) is 23.3 Å². The second-order valence-corrected chi connectivity index (χ2v) is 4.95. The highest BCUT2D eigenvalue weighted by molar-refractivity contribution is 14.0. The molecule has 0 aliphatic carbocycles. The summed E-state index contributed by atoms with van der Waals surface area (Å²) in [7, 11) is 0. The Morgan fingerprint density at radius 2 is 2.14 bits per heavy atom. The summed E-state index contributed by atoms with van der Waals surface area (Å²) in [4.78, 5) is 10.7. The molecule has 21 heavy (non-hydrogen) atoms. The van der Waals surface area contributed by atoms with E-state index in [0.717, 1.165) is 18.7 Å². The molecule has 118 valence electrons. The van der Waals surface area contributed by atoms with Gasteiger partial charge in [-0.2, -0.15) is 0 Å². The maximum Gasteiger partial charge on any atom is 0.213 e. The molecule has 1 aliphatic heterocycles. The molecular formula is C14H23IN4O2. The van der Waals surface area contributed by atoms with Gasteiger partial charge in [-0.25, -0.2) is 9.98 Å². The summed E-state index contributed by atoms with van der Waals surface area (Å²) >= 11 is 0. The molecular weight excluding hydrogens is 383 g/mol. The van der Waals surface area contributed by atoms with Gasteiger partial charge in [0.1, 0.15) is 0 Å². The predicted molar refractivity (Wildman–Crippen MR) is 93.1 cm³/mol. The lowest BCUT2D eigenvalue weighted by molar-refractivity contribution is 0.0674. The summed E-state index contributed by atoms with van der Waals surface area (Å²) in [5.74, 6) is 1.20. The monoisotopic (exact) mass is 406 g/mol. The number of morpholine rings is 1. The summed E-state index contributed by atoms with van der Waals surface area (Å²) in [5, 5.41) is 0. The van der Waals surface area contributed by atoms with Gasteiger partial charge in [0.15, 0.2) is 5.96 Å². The standard InChI is InChI=1S/C14H22N4O2.HI/c1-11(2)20-13-4-3-12(9-16-13)10-17-14(15)18-5-7-19-8-6-18;/h3-4,9,11H,5-8,10H2,1-2H3,(H2,15,17);1H. The van der Waals surface area contributed by atoms with Crippen LogP contribution in [0.1, 0.15) is 19.4 Å². The first-order valence-electron chi connectivity index (χ1n) is 6.89. The highest BCUT2D eigenvalue weighted by Crippen LogP contribution is 2.10. The normalized spacial score (nSPS) is 15.8. The summed E-state index contributed by atoms with van der Waals surface area (Å²) in [6.07, 6.45) is 1.90. The van der Waals surface area contributed by atoms with E-state index in [1.807, 2.05) is 30.9 Å². The van der Waals surface area contributed by atoms with Gasteiger partial charge in [-0.3, -0.25) is 0 Å². The van der Waals surface area contributed by atoms with Crippen molar-refractivity contribution in [3.05, 3.63) is 23.9 Å². The molecule has 0 bridgehead atoms. The van der Waals surface area contributed by atoms with Crippen molar-refractivity contribution in [2.24, 2.45) is 10.7 Å². The van der Waals surface area contributed by atoms with Gasteiger partial charge >= 0.3 is 0 Å². The number of aromatic nitrogens is 1. The number of guanidine groups is 1. The molecule has 1 aromatic heterocycles. The average Bonchev–Trinajstić information content (AvgIpc) is 2.46. The average molecular weight is 406 g/mol. The van der Waals surface area contributed by atoms with Crippen LogP contribution in [-0.4, -0.2) is 48.3 Å². The molecule has 6 nitrogen and oxygen atoms in total. The fourth-order valence-electron chi connectivity index (χ4n) is 1.88. The minimum Gasteiger partial charge on any atom is -0.475 e. The second-order valence-electron chi connectivity index (χ2n) is 4.95. The van der Waals surface area contributed by atoms with Gasteiger partial charge in [-0.1, -0.05) is 6.07 Å². The Labute approximate surface area is 142 Å². The zero-order chi connectivity index (χ0) is 14.4. The summed E-state index contributed by atoms with van der Waals surface area (Å²) < 4.78 is 10.8. The molecule has 0 saturated carbocycles. The lowest BCUT2D eigenvalue weighted by Gasteiger charge is -2.27. The molecule has 0 atom stereocenters. The van der Waals surface area contributed by atoms with Crippen molar-refractivity contribution in [2.45, 2.75) is 26.5 Å². The summed E-state index contributed by atoms with van der Waals surface area (Å²) in [6, 6.07) is 3.82. The number of aliphatic imine (C=N–C) groups is 1. The van der Waals surface area contributed by atoms with Crippen LogP contribution >= 0.6 is 24.0 Å². The first kappa shape index (κ1) is 18.0. The molecule has 1 saturated heterocycles. The van der Waals surface area contributed by atoms with Crippen LogP contribution in [-0.2, 0) is 11.3 Å². The van der Waals surface area contributed by atoms with Crippen LogP contribution in [0.5, 0.6) is 5.88 Å². The molecule has 0 amide bonds. The number of rotatable bonds is 4. The molecule has 1 fully saturated rings. The first-order valence-corrected chi connectivity index (χ1v) is 6.89. The number of ether oxygens (including phenoxy) is 2. The van der Waals surface area contributed by atoms with E-state index in [2.05, 4.69) is 9.98 Å². The largest absolute Gasteiger partial charge is 0.475 e. The molecule has 1 aliphatic rings. The van der Waals surface area contributed by atoms with E-state index in [9.17, 15) is 0 Å². The Morgan fingerprint density at radius 1 is 1.43 bits per heavy atom. The number of hydrogen-bond acceptors (Lipinski definition) is 4. The minimum atomic E-state index is 0. The molecule has 2 N–H and O–H groups in total. The number of pyridine rings is 1. The number of nitrogens with zero attached hydrogens (tertiary/aromatic N) is 3. The van der Waals surface area contributed by atoms with Crippen LogP contribution in [0.3, 0.4) is 0 Å². The Bertz CT molecular complexity index is 445. The molecule has 1 aromatic rings. The highest BCUT2D eigenvalue weighted by atomic mass is 127. The van der Waals surface area contributed by atoms with E-state index >= 15 is 0 Å². The van der Waals surface area contributed by atoms with E-state index in [1.54, 1.807) is 6.20 Å². The minimum absolute atomic E-state index is 0. The van der Waals surface area contributed by atoms with Crippen LogP contribution in [0.4, 0.5) is 0 Å². The number of hydrogen-bond donors (Lipinski definition) is 1. The van der Waals surface area contributed by atoms with Gasteiger partial charge in [0, 0.05) is 25.4 Å². The fourth-order valence-corrected chi connectivity index (χ4v) is 1.88. The molecule has 7 heteroatoms. The van der Waals surface area contributed by atoms with Crippen molar-refractivity contribution in [1.82, 2.24) is 9.88 Å². The maximum atomic E-state index is 5.97. The number of nitrogens with two attached hydrogens (primary N) is 1. The van der Waals surface area contributed by atoms with Crippen molar-refractivity contribution in [3.8, 4) is 5.88 Å². The van der Waals surface area contributed by atoms with Gasteiger partial charge in [0.25, 0.3) is 0 Å². The van der Waals surface area contributed by atoms with E-state index in [1.165, 1.54) is 0 Å². The third-order valence-electron chi connectivity index (χ3n) is 2.91. The van der Waals surface area contributed by atoms with Gasteiger partial charge < -0.3 is 20.1 Å². The fraction of sp³-hybridized carbons (Fsp3) is 0.571. The number of halogens is 1. The summed E-state index contributed by atoms with van der Waals surface area (Å²) in [6.45, 7) is 7.49. The van der Waals surface area contributed by atoms with E-state index in [0.29, 0.717) is 31.6 Å². The van der Waals surface area contributed by atoms with Crippen LogP contribution in [0, 0.1) is 0 Å². The maximum absolute atomic E-state index is 5.97. The highest BCUT2D eigenvalue weighted by Gasteiger charge is 2.11. The van der Waals surface area contributed by atoms with Crippen molar-refractivity contribution < 1.29 is 9.47 Å². The third-order valence-corrected chi connectivity index (χ3v) is 2.91. The Balaban J connectivity index is 0.00000220. The van der Waals surface area contributed by atoms with Gasteiger partial charge in [0.05, 0.1) is 25.9 Å². The second kappa shape index (κ2) is 9.04. The Morgan fingerprint density at radius 3 is 2.71 bits per heavy atom. The van der Waals surface area contributed by atoms with Crippen molar-refractivity contribution in [2.75, 3.05) is 26.3 Å². The molecule has 0 unspecified atom stereocenters. The lowest BCUT2D eigenvalue weighted by atomic mass is 10.3. The lowest BCUT2D eigenvalue weighted by Crippen LogP contribution is -2.44. The Kier molecular flexibility index (Phi) is 7.73. The van der Waals surface area contributed by atoms with Gasteiger partial charge in [-0.15, -0.1) is 24.0 Å². The quantitative estimate of drug-likeness (QED) is 0.468.